The van der Waals surface area contributed by atoms with E-state index in [0.717, 1.165) is 64.2 Å². The number of ether oxygens (including phenoxy) is 1. The van der Waals surface area contributed by atoms with Crippen LogP contribution in [0.1, 0.15) is 70.6 Å². The zero-order valence-corrected chi connectivity index (χ0v) is 35.8. The molecule has 1 heterocycles. The van der Waals surface area contributed by atoms with Crippen molar-refractivity contribution in [3.63, 3.8) is 0 Å². The molecule has 12 rings (SSSR count). The molecule has 0 saturated heterocycles. The summed E-state index contributed by atoms with van der Waals surface area (Å²) in [7, 11) is 0. The van der Waals surface area contributed by atoms with Gasteiger partial charge in [0.1, 0.15) is 11.9 Å². The summed E-state index contributed by atoms with van der Waals surface area (Å²) in [6, 6.07) is 18.6. The maximum absolute atomic E-state index is 6.78. The third-order valence-electron chi connectivity index (χ3n) is 15.4. The highest BCUT2D eigenvalue weighted by molar-refractivity contribution is 5.74. The zero-order chi connectivity index (χ0) is 41.0. The normalized spacial score (nSPS) is 30.2. The van der Waals surface area contributed by atoms with Gasteiger partial charge in [-0.05, 0) is 143 Å². The zero-order valence-electron chi connectivity index (χ0n) is 35.8. The Morgan fingerprint density at radius 3 is 2.37 bits per heavy atom. The van der Waals surface area contributed by atoms with Gasteiger partial charge < -0.3 is 9.64 Å². The average Bonchev–Trinajstić information content (AvgIpc) is 3.73. The van der Waals surface area contributed by atoms with Gasteiger partial charge in [-0.25, -0.2) is 0 Å². The first-order valence-electron chi connectivity index (χ1n) is 23.8. The molecule has 0 aromatic heterocycles. The molecule has 2 aromatic rings. The van der Waals surface area contributed by atoms with Crippen LogP contribution in [-0.2, 0) is 4.74 Å². The molecule has 62 heavy (non-hydrogen) atoms. The van der Waals surface area contributed by atoms with Gasteiger partial charge in [0.25, 0.3) is 0 Å². The van der Waals surface area contributed by atoms with Gasteiger partial charge in [-0.15, -0.1) is 0 Å². The van der Waals surface area contributed by atoms with Crippen LogP contribution in [0.25, 0.3) is 22.9 Å². The molecule has 0 N–H and O–H groups in total. The molecular formula is C60H57NO. The Bertz CT molecular complexity index is 2900. The Balaban J connectivity index is 0.869. The number of hydrogen-bond donors (Lipinski definition) is 0. The van der Waals surface area contributed by atoms with E-state index in [0.29, 0.717) is 29.6 Å². The Morgan fingerprint density at radius 1 is 0.629 bits per heavy atom. The van der Waals surface area contributed by atoms with Crippen LogP contribution in [0.5, 0.6) is 0 Å². The quantitative estimate of drug-likeness (QED) is 0.276. The SMILES string of the molecule is C1=CCCC(C2=c3ccccc3=CCC2C2=CCC(N(C3=CCC(C4=CC5C6=C(OC5C=C4)C(C4C=CC=CC4)=CCC6)C=C3)C3=c4ccccc4=C4C=CCCC4C3)C=C2)=C1. The molecule has 0 spiro atoms. The third-order valence-corrected chi connectivity index (χ3v) is 15.4. The fraction of sp³-hybridized carbons (Fsp3) is 0.300. The Kier molecular flexibility index (Phi) is 9.84. The van der Waals surface area contributed by atoms with Crippen molar-refractivity contribution in [1.82, 2.24) is 4.90 Å². The Labute approximate surface area is 367 Å². The molecule has 0 bridgehead atoms. The first kappa shape index (κ1) is 37.9. The third kappa shape index (κ3) is 6.69. The van der Waals surface area contributed by atoms with Crippen LogP contribution >= 0.6 is 0 Å². The van der Waals surface area contributed by atoms with Crippen LogP contribution in [0.2, 0.25) is 0 Å². The van der Waals surface area contributed by atoms with Gasteiger partial charge in [-0.3, -0.25) is 0 Å². The van der Waals surface area contributed by atoms with Crippen molar-refractivity contribution in [2.75, 3.05) is 0 Å². The number of hydrogen-bond acceptors (Lipinski definition) is 2. The second kappa shape index (κ2) is 16.1. The second-order valence-electron chi connectivity index (χ2n) is 18.9. The summed E-state index contributed by atoms with van der Waals surface area (Å²) in [5.74, 6) is 3.24. The lowest BCUT2D eigenvalue weighted by atomic mass is 9.76. The van der Waals surface area contributed by atoms with Crippen LogP contribution in [-0.4, -0.2) is 17.0 Å². The second-order valence-corrected chi connectivity index (χ2v) is 18.9. The smallest absolute Gasteiger partial charge is 0.127 e. The maximum atomic E-state index is 6.78. The van der Waals surface area contributed by atoms with E-state index in [1.165, 1.54) is 77.9 Å². The fourth-order valence-corrected chi connectivity index (χ4v) is 12.4. The summed E-state index contributed by atoms with van der Waals surface area (Å²) >= 11 is 0. The molecule has 0 amide bonds. The van der Waals surface area contributed by atoms with E-state index in [2.05, 4.69) is 175 Å². The highest BCUT2D eigenvalue weighted by atomic mass is 16.5. The van der Waals surface area contributed by atoms with Crippen molar-refractivity contribution in [1.29, 1.82) is 0 Å². The molecule has 7 atom stereocenters. The molecule has 308 valence electrons. The number of allylic oxidation sites excluding steroid dienone is 19. The van der Waals surface area contributed by atoms with Gasteiger partial charge in [0.2, 0.25) is 0 Å². The molecule has 1 aliphatic heterocycles. The largest absolute Gasteiger partial charge is 0.485 e. The van der Waals surface area contributed by atoms with E-state index >= 15 is 0 Å². The summed E-state index contributed by atoms with van der Waals surface area (Å²) in [4.78, 5) is 2.76. The van der Waals surface area contributed by atoms with Crippen LogP contribution < -0.4 is 20.9 Å². The van der Waals surface area contributed by atoms with Gasteiger partial charge in [0, 0.05) is 40.3 Å². The van der Waals surface area contributed by atoms with Gasteiger partial charge >= 0.3 is 0 Å². The first-order valence-corrected chi connectivity index (χ1v) is 23.8. The molecule has 0 fully saturated rings. The molecule has 0 radical (unpaired) electrons. The van der Waals surface area contributed by atoms with Gasteiger partial charge in [0.05, 0.1) is 6.04 Å². The summed E-state index contributed by atoms with van der Waals surface area (Å²) < 4.78 is 6.78. The van der Waals surface area contributed by atoms with E-state index in [-0.39, 0.29) is 12.1 Å². The molecular weight excluding hydrogens is 751 g/mol. The molecule has 2 aromatic carbocycles. The minimum atomic E-state index is 0.115. The highest BCUT2D eigenvalue weighted by Gasteiger charge is 2.40. The van der Waals surface area contributed by atoms with Crippen molar-refractivity contribution in [2.24, 2.45) is 29.6 Å². The van der Waals surface area contributed by atoms with Crippen molar-refractivity contribution < 1.29 is 4.74 Å². The van der Waals surface area contributed by atoms with Crippen molar-refractivity contribution in [3.8, 4) is 0 Å². The predicted octanol–water partition coefficient (Wildman–Crippen LogP) is 10.9. The Morgan fingerprint density at radius 2 is 1.53 bits per heavy atom. The minimum Gasteiger partial charge on any atom is -0.485 e. The highest BCUT2D eigenvalue weighted by Crippen LogP contribution is 2.48. The van der Waals surface area contributed by atoms with E-state index in [9.17, 15) is 0 Å². The maximum Gasteiger partial charge on any atom is 0.127 e. The standard InChI is InChI=1S/C60H57NO/c1-3-14-41(15-4-1)52-24-13-25-55-56-38-45(31-37-58(56)62-60(52)55)40-26-32-47(33-27-40)61(57-39-46-19-8-9-20-49(46)53-22-11-12-23-54(53)57)48-34-28-43(29-35-48)51-36-30-42-16-7-10-21-50(42)59(51)44-17-5-2-6-18-44/h1-5,7,9-12,14,16-17,20-24,26,28-34,37-38,40-41,46,48,51,56,58H,6,8,13,15,18-19,25,27,35-36,39H2. The van der Waals surface area contributed by atoms with Crippen LogP contribution in [0.4, 0.5) is 0 Å². The van der Waals surface area contributed by atoms with E-state index in [1.807, 2.05) is 0 Å². The van der Waals surface area contributed by atoms with E-state index in [1.54, 1.807) is 5.57 Å². The fourth-order valence-electron chi connectivity index (χ4n) is 12.4. The summed E-state index contributed by atoms with van der Waals surface area (Å²) in [6.07, 6.45) is 60.4. The lowest BCUT2D eigenvalue weighted by Crippen LogP contribution is -2.44. The van der Waals surface area contributed by atoms with Crippen molar-refractivity contribution >= 4 is 22.9 Å². The molecule has 2 heteroatoms. The van der Waals surface area contributed by atoms with E-state index in [4.69, 9.17) is 4.74 Å². The van der Waals surface area contributed by atoms with Crippen LogP contribution in [0, 0.1) is 29.6 Å². The predicted molar refractivity (Wildman–Crippen MR) is 256 cm³/mol. The topological polar surface area (TPSA) is 12.5 Å². The molecule has 7 unspecified atom stereocenters. The summed E-state index contributed by atoms with van der Waals surface area (Å²) in [5.41, 5.74) is 13.3. The van der Waals surface area contributed by atoms with Crippen molar-refractivity contribution in [3.05, 3.63) is 224 Å². The summed E-state index contributed by atoms with van der Waals surface area (Å²) in [5, 5.41) is 5.64. The minimum absolute atomic E-state index is 0.115. The molecule has 0 saturated carbocycles. The average molecular weight is 808 g/mol. The van der Waals surface area contributed by atoms with Gasteiger partial charge in [-0.2, -0.15) is 0 Å². The van der Waals surface area contributed by atoms with Gasteiger partial charge in [-0.1, -0.05) is 158 Å². The number of benzene rings is 2. The van der Waals surface area contributed by atoms with E-state index < -0.39 is 0 Å². The van der Waals surface area contributed by atoms with Crippen LogP contribution in [0.3, 0.4) is 0 Å². The van der Waals surface area contributed by atoms with Gasteiger partial charge in [0.15, 0.2) is 0 Å². The summed E-state index contributed by atoms with van der Waals surface area (Å²) in [6.45, 7) is 0. The monoisotopic (exact) mass is 807 g/mol. The van der Waals surface area contributed by atoms with Crippen LogP contribution in [0.15, 0.2) is 203 Å². The number of rotatable bonds is 7. The number of nitrogens with zero attached hydrogens (tertiary/aromatic N) is 1. The molecule has 2 nitrogen and oxygen atoms in total. The van der Waals surface area contributed by atoms with Crippen molar-refractivity contribution in [2.45, 2.75) is 82.8 Å². The molecule has 10 aliphatic rings. The number of fused-ring (bicyclic) bond motifs is 5. The Hall–Kier alpha value is -5.86. The first-order chi connectivity index (χ1) is 30.7. The lowest BCUT2D eigenvalue weighted by Gasteiger charge is -2.40. The lowest BCUT2D eigenvalue weighted by molar-refractivity contribution is 0.167. The molecule has 9 aliphatic carbocycles.